The number of rotatable bonds is 7. The van der Waals surface area contributed by atoms with Crippen molar-refractivity contribution in [3.63, 3.8) is 0 Å². The second kappa shape index (κ2) is 11.1. The first-order valence-corrected chi connectivity index (χ1v) is 13.5. The molecule has 3 aromatic heterocycles. The summed E-state index contributed by atoms with van der Waals surface area (Å²) in [5, 5.41) is 11.3. The number of nitrogens with one attached hydrogen (secondary N) is 2. The molecule has 39 heavy (non-hydrogen) atoms. The number of anilines is 2. The zero-order valence-electron chi connectivity index (χ0n) is 21.7. The van der Waals surface area contributed by atoms with E-state index in [1.54, 1.807) is 13.1 Å². The van der Waals surface area contributed by atoms with Gasteiger partial charge in [0.1, 0.15) is 5.69 Å². The maximum absolute atomic E-state index is 13.7. The van der Waals surface area contributed by atoms with Gasteiger partial charge in [-0.15, -0.1) is 0 Å². The number of aryl methyl sites for hydroxylation is 1. The second-order valence-electron chi connectivity index (χ2n) is 10.3. The van der Waals surface area contributed by atoms with Crippen LogP contribution < -0.4 is 15.5 Å². The van der Waals surface area contributed by atoms with Crippen molar-refractivity contribution in [2.75, 3.05) is 23.3 Å². The Morgan fingerprint density at radius 1 is 0.949 bits per heavy atom. The molecule has 1 saturated heterocycles. The average Bonchev–Trinajstić information content (AvgIpc) is 3.61. The number of pyridine rings is 1. The van der Waals surface area contributed by atoms with Crippen molar-refractivity contribution in [2.45, 2.75) is 63.6 Å². The highest BCUT2D eigenvalue weighted by Crippen LogP contribution is 2.28. The van der Waals surface area contributed by atoms with Crippen LogP contribution in [0, 0.1) is 18.6 Å². The minimum Gasteiger partial charge on any atom is -0.424 e. The number of hydrogen-bond acceptors (Lipinski definition) is 9. The summed E-state index contributed by atoms with van der Waals surface area (Å²) in [5.41, 5.74) is 2.22. The molecule has 1 aliphatic heterocycles. The van der Waals surface area contributed by atoms with Crippen molar-refractivity contribution in [2.24, 2.45) is 0 Å². The minimum absolute atomic E-state index is 0.157. The standard InChI is InChI=1S/C28H31F2N7O2/c1-17-33-27(36-39-17)25-11-9-20(14-31-25)37-12-4-5-19(16-37)34-23-6-2-3-7-24(23)35-28-32-15-26(38-28)18-8-10-21(29)22(30)13-18/h8-11,13-15,19,23-24,34H,2-7,12,16H2,1H3,(H,32,35). The normalized spacial score (nSPS) is 21.7. The van der Waals surface area contributed by atoms with Gasteiger partial charge in [0, 0.05) is 43.7 Å². The molecule has 2 aliphatic rings. The molecule has 3 atom stereocenters. The number of hydrogen-bond donors (Lipinski definition) is 2. The van der Waals surface area contributed by atoms with Crippen molar-refractivity contribution in [3.05, 3.63) is 60.3 Å². The van der Waals surface area contributed by atoms with E-state index in [4.69, 9.17) is 8.94 Å². The van der Waals surface area contributed by atoms with E-state index in [0.29, 0.717) is 40.8 Å². The average molecular weight is 536 g/mol. The van der Waals surface area contributed by atoms with E-state index >= 15 is 0 Å². The van der Waals surface area contributed by atoms with E-state index in [2.05, 4.69) is 41.7 Å². The van der Waals surface area contributed by atoms with Gasteiger partial charge in [-0.25, -0.2) is 13.8 Å². The Hall–Kier alpha value is -3.86. The lowest BCUT2D eigenvalue weighted by molar-refractivity contribution is 0.290. The second-order valence-corrected chi connectivity index (χ2v) is 10.3. The first-order valence-electron chi connectivity index (χ1n) is 13.5. The Labute approximate surface area is 225 Å². The minimum atomic E-state index is -0.912. The van der Waals surface area contributed by atoms with Crippen LogP contribution in [0.3, 0.4) is 0 Å². The molecule has 4 aromatic rings. The Morgan fingerprint density at radius 3 is 2.59 bits per heavy atom. The summed E-state index contributed by atoms with van der Waals surface area (Å²) in [7, 11) is 0. The molecule has 11 heteroatoms. The molecule has 1 saturated carbocycles. The molecule has 0 bridgehead atoms. The van der Waals surface area contributed by atoms with Crippen LogP contribution in [0.25, 0.3) is 22.8 Å². The van der Waals surface area contributed by atoms with Crippen LogP contribution in [0.4, 0.5) is 20.5 Å². The fourth-order valence-corrected chi connectivity index (χ4v) is 5.54. The molecular weight excluding hydrogens is 504 g/mol. The smallest absolute Gasteiger partial charge is 0.295 e. The van der Waals surface area contributed by atoms with Crippen molar-refractivity contribution in [1.29, 1.82) is 0 Å². The van der Waals surface area contributed by atoms with E-state index < -0.39 is 11.6 Å². The summed E-state index contributed by atoms with van der Waals surface area (Å²) in [6, 6.07) is 8.85. The summed E-state index contributed by atoms with van der Waals surface area (Å²) in [6.07, 6.45) is 9.96. The van der Waals surface area contributed by atoms with Gasteiger partial charge in [-0.05, 0) is 56.0 Å². The van der Waals surface area contributed by atoms with Crippen LogP contribution in [0.2, 0.25) is 0 Å². The van der Waals surface area contributed by atoms with Gasteiger partial charge in [0.2, 0.25) is 11.7 Å². The highest BCUT2D eigenvalue weighted by atomic mass is 19.2. The van der Waals surface area contributed by atoms with E-state index in [-0.39, 0.29) is 12.1 Å². The predicted molar refractivity (Wildman–Crippen MR) is 142 cm³/mol. The van der Waals surface area contributed by atoms with E-state index in [1.165, 1.54) is 12.5 Å². The van der Waals surface area contributed by atoms with Gasteiger partial charge in [-0.1, -0.05) is 18.0 Å². The topological polar surface area (TPSA) is 105 Å². The molecule has 1 aromatic carbocycles. The lowest BCUT2D eigenvalue weighted by atomic mass is 9.89. The van der Waals surface area contributed by atoms with Crippen LogP contribution in [-0.2, 0) is 0 Å². The third-order valence-corrected chi connectivity index (χ3v) is 7.53. The van der Waals surface area contributed by atoms with Crippen molar-refractivity contribution >= 4 is 11.7 Å². The van der Waals surface area contributed by atoms with Crippen LogP contribution in [0.5, 0.6) is 0 Å². The number of aromatic nitrogens is 4. The van der Waals surface area contributed by atoms with Crippen LogP contribution in [0.1, 0.15) is 44.4 Å². The molecule has 204 valence electrons. The molecular formula is C28H31F2N7O2. The maximum Gasteiger partial charge on any atom is 0.295 e. The first-order chi connectivity index (χ1) is 19.0. The Bertz CT molecular complexity index is 1410. The Balaban J connectivity index is 1.08. The largest absolute Gasteiger partial charge is 0.424 e. The summed E-state index contributed by atoms with van der Waals surface area (Å²) in [4.78, 5) is 15.5. The van der Waals surface area contributed by atoms with Crippen molar-refractivity contribution in [3.8, 4) is 22.8 Å². The van der Waals surface area contributed by atoms with Crippen molar-refractivity contribution < 1.29 is 17.7 Å². The number of nitrogens with zero attached hydrogens (tertiary/aromatic N) is 5. The summed E-state index contributed by atoms with van der Waals surface area (Å²) in [5.74, 6) is -0.390. The zero-order chi connectivity index (χ0) is 26.8. The summed E-state index contributed by atoms with van der Waals surface area (Å²) in [6.45, 7) is 3.64. The molecule has 3 unspecified atom stereocenters. The quantitative estimate of drug-likeness (QED) is 0.324. The lowest BCUT2D eigenvalue weighted by Crippen LogP contribution is -2.54. The zero-order valence-corrected chi connectivity index (χ0v) is 21.7. The Morgan fingerprint density at radius 2 is 1.82 bits per heavy atom. The molecule has 6 rings (SSSR count). The number of oxazole rings is 1. The van der Waals surface area contributed by atoms with Crippen LogP contribution in [0.15, 0.2) is 51.7 Å². The number of piperidine rings is 1. The van der Waals surface area contributed by atoms with Gasteiger partial charge in [-0.3, -0.25) is 4.98 Å². The number of halogens is 2. The first kappa shape index (κ1) is 25.4. The van der Waals surface area contributed by atoms with E-state index in [9.17, 15) is 8.78 Å². The van der Waals surface area contributed by atoms with Gasteiger partial charge in [-0.2, -0.15) is 4.98 Å². The molecule has 9 nitrogen and oxygen atoms in total. The van der Waals surface area contributed by atoms with Gasteiger partial charge < -0.3 is 24.5 Å². The van der Waals surface area contributed by atoms with Crippen LogP contribution >= 0.6 is 0 Å². The van der Waals surface area contributed by atoms with E-state index in [1.807, 2.05) is 12.3 Å². The molecule has 0 radical (unpaired) electrons. The lowest BCUT2D eigenvalue weighted by Gasteiger charge is -2.40. The number of benzene rings is 1. The molecule has 1 aliphatic carbocycles. The fourth-order valence-electron chi connectivity index (χ4n) is 5.54. The van der Waals surface area contributed by atoms with E-state index in [0.717, 1.165) is 63.0 Å². The third-order valence-electron chi connectivity index (χ3n) is 7.53. The van der Waals surface area contributed by atoms with Crippen LogP contribution in [-0.4, -0.2) is 51.3 Å². The maximum atomic E-state index is 13.7. The molecule has 4 heterocycles. The molecule has 2 fully saturated rings. The van der Waals surface area contributed by atoms with Gasteiger partial charge in [0.05, 0.1) is 18.1 Å². The van der Waals surface area contributed by atoms with Crippen molar-refractivity contribution in [1.82, 2.24) is 25.4 Å². The SMILES string of the molecule is Cc1nc(-c2ccc(N3CCCC(NC4CCCCC4Nc4ncc(-c5ccc(F)c(F)c5)o4)C3)cn2)no1. The third kappa shape index (κ3) is 5.78. The van der Waals surface area contributed by atoms with Gasteiger partial charge in [0.25, 0.3) is 6.01 Å². The molecule has 2 N–H and O–H groups in total. The molecule has 0 amide bonds. The van der Waals surface area contributed by atoms with Gasteiger partial charge in [0.15, 0.2) is 17.4 Å². The summed E-state index contributed by atoms with van der Waals surface area (Å²) >= 11 is 0. The Kier molecular flexibility index (Phi) is 7.23. The summed E-state index contributed by atoms with van der Waals surface area (Å²) < 4.78 is 37.9. The molecule has 0 spiro atoms. The predicted octanol–water partition coefficient (Wildman–Crippen LogP) is 5.35. The van der Waals surface area contributed by atoms with Gasteiger partial charge >= 0.3 is 0 Å². The fraction of sp³-hybridized carbons (Fsp3) is 0.429. The highest BCUT2D eigenvalue weighted by Gasteiger charge is 2.30. The monoisotopic (exact) mass is 535 g/mol. The highest BCUT2D eigenvalue weighted by molar-refractivity contribution is 5.57.